The number of anilines is 1. The summed E-state index contributed by atoms with van der Waals surface area (Å²) in [5, 5.41) is 3.01. The number of Topliss-reactive ketones (excluding diaryl/α,β-unsaturated/α-hetero) is 1. The molecule has 4 rings (SSSR count). The third-order valence-electron chi connectivity index (χ3n) is 8.44. The molecule has 1 aromatic carbocycles. The smallest absolute Gasteiger partial charge is 0.251 e. The van der Waals surface area contributed by atoms with Gasteiger partial charge in [0.25, 0.3) is 5.91 Å². The molecule has 1 saturated heterocycles. The number of aliphatic imine (C=N–C) groups is 1. The molecule has 2 aliphatic heterocycles. The second-order valence-electron chi connectivity index (χ2n) is 11.9. The molecule has 2 heterocycles. The SMILES string of the molecule is CCN(c1cc(C#CC2(C)COC2)cc(C(=O)NCC2=C(C)N=C(C)CC2=O)c1C)C1CCC(N(C)C)CC1. The van der Waals surface area contributed by atoms with Crippen molar-refractivity contribution in [3.63, 3.8) is 0 Å². The fourth-order valence-corrected chi connectivity index (χ4v) is 5.94. The van der Waals surface area contributed by atoms with Gasteiger partial charge in [0.2, 0.25) is 0 Å². The highest BCUT2D eigenvalue weighted by Crippen LogP contribution is 2.33. The maximum Gasteiger partial charge on any atom is 0.251 e. The number of carbonyl (C=O) groups excluding carboxylic acids is 2. The molecule has 2 fully saturated rings. The molecule has 1 amide bonds. The number of amides is 1. The summed E-state index contributed by atoms with van der Waals surface area (Å²) in [5.41, 5.74) is 5.38. The maximum atomic E-state index is 13.6. The molecule has 0 bridgehead atoms. The van der Waals surface area contributed by atoms with Gasteiger partial charge in [0.05, 0.1) is 18.6 Å². The van der Waals surface area contributed by atoms with Gasteiger partial charge in [-0.2, -0.15) is 0 Å². The predicted molar refractivity (Wildman–Crippen MR) is 158 cm³/mol. The highest BCUT2D eigenvalue weighted by Gasteiger charge is 2.31. The van der Waals surface area contributed by atoms with E-state index in [2.05, 4.69) is 66.0 Å². The van der Waals surface area contributed by atoms with Crippen molar-refractivity contribution in [3.05, 3.63) is 40.1 Å². The average Bonchev–Trinajstić information content (AvgIpc) is 2.87. The molecular weight excluding hydrogens is 488 g/mol. The molecule has 1 aromatic rings. The second-order valence-corrected chi connectivity index (χ2v) is 11.9. The molecule has 39 heavy (non-hydrogen) atoms. The average molecular weight is 533 g/mol. The molecule has 0 aromatic heterocycles. The van der Waals surface area contributed by atoms with Crippen LogP contribution in [0.1, 0.15) is 81.3 Å². The van der Waals surface area contributed by atoms with Crippen molar-refractivity contribution >= 4 is 23.1 Å². The van der Waals surface area contributed by atoms with Gasteiger partial charge in [-0.1, -0.05) is 11.8 Å². The van der Waals surface area contributed by atoms with Crippen molar-refractivity contribution in [2.75, 3.05) is 45.3 Å². The molecular formula is C32H44N4O3. The van der Waals surface area contributed by atoms with E-state index < -0.39 is 0 Å². The van der Waals surface area contributed by atoms with Gasteiger partial charge >= 0.3 is 0 Å². The lowest BCUT2D eigenvalue weighted by molar-refractivity contribution is -0.114. The summed E-state index contributed by atoms with van der Waals surface area (Å²) in [6, 6.07) is 5.10. The maximum absolute atomic E-state index is 13.6. The summed E-state index contributed by atoms with van der Waals surface area (Å²) in [4.78, 5) is 35.4. The van der Waals surface area contributed by atoms with Gasteiger partial charge in [-0.15, -0.1) is 0 Å². The van der Waals surface area contributed by atoms with Crippen LogP contribution in [0.25, 0.3) is 0 Å². The lowest BCUT2D eigenvalue weighted by Crippen LogP contribution is -2.42. The summed E-state index contributed by atoms with van der Waals surface area (Å²) >= 11 is 0. The van der Waals surface area contributed by atoms with Gasteiger partial charge in [-0.25, -0.2) is 0 Å². The lowest BCUT2D eigenvalue weighted by atomic mass is 9.88. The van der Waals surface area contributed by atoms with Gasteiger partial charge in [0.1, 0.15) is 0 Å². The van der Waals surface area contributed by atoms with Crippen molar-refractivity contribution in [2.45, 2.75) is 78.8 Å². The molecule has 7 heteroatoms. The van der Waals surface area contributed by atoms with E-state index in [4.69, 9.17) is 4.74 Å². The molecule has 210 valence electrons. The van der Waals surface area contributed by atoms with Crippen LogP contribution in [0.4, 0.5) is 5.69 Å². The lowest BCUT2D eigenvalue weighted by Gasteiger charge is -2.40. The van der Waals surface area contributed by atoms with E-state index in [9.17, 15) is 9.59 Å². The van der Waals surface area contributed by atoms with Crippen LogP contribution in [-0.2, 0) is 9.53 Å². The molecule has 0 spiro atoms. The Morgan fingerprint density at radius 1 is 1.13 bits per heavy atom. The molecule has 7 nitrogen and oxygen atoms in total. The zero-order chi connectivity index (χ0) is 28.3. The van der Waals surface area contributed by atoms with E-state index in [1.54, 1.807) is 0 Å². The van der Waals surface area contributed by atoms with Crippen molar-refractivity contribution < 1.29 is 14.3 Å². The molecule has 3 aliphatic rings. The molecule has 1 N–H and O–H groups in total. The van der Waals surface area contributed by atoms with E-state index in [1.165, 1.54) is 12.8 Å². The number of benzene rings is 1. The van der Waals surface area contributed by atoms with Crippen LogP contribution >= 0.6 is 0 Å². The Balaban J connectivity index is 1.64. The van der Waals surface area contributed by atoms with Crippen LogP contribution in [0.15, 0.2) is 28.4 Å². The Morgan fingerprint density at radius 2 is 1.79 bits per heavy atom. The zero-order valence-corrected chi connectivity index (χ0v) is 24.7. The van der Waals surface area contributed by atoms with E-state index in [1.807, 2.05) is 26.8 Å². The number of nitrogens with one attached hydrogen (secondary N) is 1. The van der Waals surface area contributed by atoms with Gasteiger partial charge in [0, 0.05) is 65.4 Å². The summed E-state index contributed by atoms with van der Waals surface area (Å²) in [6.07, 6.45) is 4.89. The van der Waals surface area contributed by atoms with Crippen molar-refractivity contribution in [3.8, 4) is 11.8 Å². The number of hydrogen-bond donors (Lipinski definition) is 1. The Morgan fingerprint density at radius 3 is 2.36 bits per heavy atom. The predicted octanol–water partition coefficient (Wildman–Crippen LogP) is 4.52. The number of ether oxygens (including phenoxy) is 1. The zero-order valence-electron chi connectivity index (χ0n) is 24.7. The number of carbonyl (C=O) groups is 2. The first kappa shape index (κ1) is 29.0. The monoisotopic (exact) mass is 532 g/mol. The van der Waals surface area contributed by atoms with E-state index in [0.29, 0.717) is 48.6 Å². The summed E-state index contributed by atoms with van der Waals surface area (Å²) < 4.78 is 5.39. The van der Waals surface area contributed by atoms with Crippen LogP contribution in [0.5, 0.6) is 0 Å². The van der Waals surface area contributed by atoms with Gasteiger partial charge in [-0.3, -0.25) is 14.6 Å². The summed E-state index contributed by atoms with van der Waals surface area (Å²) in [7, 11) is 4.33. The molecule has 0 atom stereocenters. The van der Waals surface area contributed by atoms with Crippen LogP contribution in [-0.4, -0.2) is 74.8 Å². The van der Waals surface area contributed by atoms with Gasteiger partial charge in [0.15, 0.2) is 5.78 Å². The summed E-state index contributed by atoms with van der Waals surface area (Å²) in [6.45, 7) is 12.3. The first-order valence-corrected chi connectivity index (χ1v) is 14.2. The third-order valence-corrected chi connectivity index (χ3v) is 8.44. The van der Waals surface area contributed by atoms with Gasteiger partial charge in [-0.05, 0) is 92.1 Å². The van der Waals surface area contributed by atoms with Crippen LogP contribution in [0.2, 0.25) is 0 Å². The standard InChI is InChI=1S/C32H44N4O3/c1-8-36(26-11-9-25(10-12-26)35(6)7)29-17-24(13-14-32(5)19-39-20-32)16-27(22(29)3)31(38)33-18-28-23(4)34-21(2)15-30(28)37/h16-17,25-26H,8-12,15,18-20H2,1-7H3,(H,33,38). The second kappa shape index (κ2) is 12.1. The molecule has 0 radical (unpaired) electrons. The molecule has 1 saturated carbocycles. The molecule has 0 unspecified atom stereocenters. The minimum absolute atomic E-state index is 0.0266. The highest BCUT2D eigenvalue weighted by atomic mass is 16.5. The Labute approximate surface area is 234 Å². The first-order valence-electron chi connectivity index (χ1n) is 14.2. The van der Waals surface area contributed by atoms with Gasteiger partial charge < -0.3 is 19.9 Å². The normalized spacial score (nSPS) is 22.6. The number of allylic oxidation sites excluding steroid dienone is 1. The van der Waals surface area contributed by atoms with Crippen LogP contribution < -0.4 is 10.2 Å². The highest BCUT2D eigenvalue weighted by molar-refractivity contribution is 6.12. The largest absolute Gasteiger partial charge is 0.378 e. The Hall–Kier alpha value is -2.95. The number of hydrogen-bond acceptors (Lipinski definition) is 6. The van der Waals surface area contributed by atoms with E-state index in [0.717, 1.165) is 41.9 Å². The van der Waals surface area contributed by atoms with Crippen molar-refractivity contribution in [1.29, 1.82) is 0 Å². The van der Waals surface area contributed by atoms with E-state index >= 15 is 0 Å². The fourth-order valence-electron chi connectivity index (χ4n) is 5.94. The minimum atomic E-state index is -0.192. The number of rotatable bonds is 7. The Bertz CT molecular complexity index is 1240. The first-order chi connectivity index (χ1) is 18.5. The van der Waals surface area contributed by atoms with E-state index in [-0.39, 0.29) is 23.7 Å². The van der Waals surface area contributed by atoms with Crippen molar-refractivity contribution in [1.82, 2.24) is 10.2 Å². The van der Waals surface area contributed by atoms with Crippen molar-refractivity contribution in [2.24, 2.45) is 10.4 Å². The number of nitrogens with zero attached hydrogens (tertiary/aromatic N) is 3. The molecule has 1 aliphatic carbocycles. The number of ketones is 1. The quantitative estimate of drug-likeness (QED) is 0.523. The fraction of sp³-hybridized carbons (Fsp3) is 0.594. The summed E-state index contributed by atoms with van der Waals surface area (Å²) in [5.74, 6) is 6.57. The third kappa shape index (κ3) is 6.62. The minimum Gasteiger partial charge on any atom is -0.378 e. The Kier molecular flexibility index (Phi) is 8.98. The van der Waals surface area contributed by atoms with Crippen LogP contribution in [0.3, 0.4) is 0 Å². The van der Waals surface area contributed by atoms with Crippen LogP contribution in [0, 0.1) is 24.2 Å². The topological polar surface area (TPSA) is 74.2 Å².